The van der Waals surface area contributed by atoms with Crippen LogP contribution in [0.25, 0.3) is 0 Å². The van der Waals surface area contributed by atoms with Crippen molar-refractivity contribution in [1.82, 2.24) is 15.5 Å². The maximum Gasteiger partial charge on any atom is 0.191 e. The highest BCUT2D eigenvalue weighted by molar-refractivity contribution is 5.80. The summed E-state index contributed by atoms with van der Waals surface area (Å²) in [5.74, 6) is 0.884. The molecule has 0 aliphatic carbocycles. The van der Waals surface area contributed by atoms with E-state index in [1.807, 2.05) is 0 Å². The molecule has 0 amide bonds. The van der Waals surface area contributed by atoms with Gasteiger partial charge in [-0.2, -0.15) is 0 Å². The second kappa shape index (κ2) is 10.2. The van der Waals surface area contributed by atoms with E-state index in [0.717, 1.165) is 32.1 Å². The van der Waals surface area contributed by atoms with Gasteiger partial charge in [-0.1, -0.05) is 38.1 Å². The van der Waals surface area contributed by atoms with E-state index >= 15 is 0 Å². The summed E-state index contributed by atoms with van der Waals surface area (Å²) >= 11 is 0. The SMILES string of the molecule is CCNC(=NCc1ccccc1CN(CC)CC)NC(C)C. The minimum atomic E-state index is 0.378. The van der Waals surface area contributed by atoms with E-state index in [1.54, 1.807) is 0 Å². The molecular formula is C18H32N4. The molecular weight excluding hydrogens is 272 g/mol. The van der Waals surface area contributed by atoms with E-state index in [0.29, 0.717) is 12.6 Å². The van der Waals surface area contributed by atoms with Crippen molar-refractivity contribution < 1.29 is 0 Å². The molecule has 4 nitrogen and oxygen atoms in total. The van der Waals surface area contributed by atoms with E-state index in [2.05, 4.69) is 74.4 Å². The van der Waals surface area contributed by atoms with E-state index < -0.39 is 0 Å². The molecule has 0 radical (unpaired) electrons. The van der Waals surface area contributed by atoms with Gasteiger partial charge in [-0.05, 0) is 45.0 Å². The Morgan fingerprint density at radius 3 is 2.27 bits per heavy atom. The molecule has 4 heteroatoms. The third-order valence-corrected chi connectivity index (χ3v) is 3.58. The molecule has 0 aliphatic rings. The fourth-order valence-corrected chi connectivity index (χ4v) is 2.31. The van der Waals surface area contributed by atoms with Crippen molar-refractivity contribution in [1.29, 1.82) is 0 Å². The molecule has 1 aromatic rings. The van der Waals surface area contributed by atoms with Crippen molar-refractivity contribution in [3.05, 3.63) is 35.4 Å². The minimum Gasteiger partial charge on any atom is -0.357 e. The quantitative estimate of drug-likeness (QED) is 0.573. The van der Waals surface area contributed by atoms with Crippen LogP contribution in [0, 0.1) is 0 Å². The fraction of sp³-hybridized carbons (Fsp3) is 0.611. The Kier molecular flexibility index (Phi) is 8.60. The van der Waals surface area contributed by atoms with Crippen molar-refractivity contribution in [2.24, 2.45) is 4.99 Å². The third-order valence-electron chi connectivity index (χ3n) is 3.58. The monoisotopic (exact) mass is 304 g/mol. The zero-order valence-electron chi connectivity index (χ0n) is 14.8. The smallest absolute Gasteiger partial charge is 0.191 e. The van der Waals surface area contributed by atoms with Crippen LogP contribution in [0.5, 0.6) is 0 Å². The average Bonchev–Trinajstić information content (AvgIpc) is 2.51. The topological polar surface area (TPSA) is 39.7 Å². The Hall–Kier alpha value is -1.55. The highest BCUT2D eigenvalue weighted by Crippen LogP contribution is 2.13. The van der Waals surface area contributed by atoms with Gasteiger partial charge in [0.1, 0.15) is 0 Å². The standard InChI is InChI=1S/C18H32N4/c1-6-19-18(21-15(4)5)20-13-16-11-9-10-12-17(16)14-22(7-2)8-3/h9-12,15H,6-8,13-14H2,1-5H3,(H2,19,20,21). The van der Waals surface area contributed by atoms with Gasteiger partial charge in [0.2, 0.25) is 0 Å². The first kappa shape index (κ1) is 18.5. The average molecular weight is 304 g/mol. The molecule has 0 aliphatic heterocycles. The number of hydrogen-bond acceptors (Lipinski definition) is 2. The van der Waals surface area contributed by atoms with Crippen molar-refractivity contribution in [3.63, 3.8) is 0 Å². The lowest BCUT2D eigenvalue weighted by Gasteiger charge is -2.20. The van der Waals surface area contributed by atoms with Crippen LogP contribution in [0.3, 0.4) is 0 Å². The van der Waals surface area contributed by atoms with E-state index in [9.17, 15) is 0 Å². The number of hydrogen-bond donors (Lipinski definition) is 2. The maximum atomic E-state index is 4.72. The highest BCUT2D eigenvalue weighted by Gasteiger charge is 2.06. The van der Waals surface area contributed by atoms with Gasteiger partial charge in [0, 0.05) is 19.1 Å². The van der Waals surface area contributed by atoms with Crippen LogP contribution in [-0.4, -0.2) is 36.5 Å². The fourth-order valence-electron chi connectivity index (χ4n) is 2.31. The van der Waals surface area contributed by atoms with Crippen LogP contribution >= 0.6 is 0 Å². The summed E-state index contributed by atoms with van der Waals surface area (Å²) < 4.78 is 0. The van der Waals surface area contributed by atoms with Crippen molar-refractivity contribution >= 4 is 5.96 Å². The van der Waals surface area contributed by atoms with Crippen molar-refractivity contribution in [3.8, 4) is 0 Å². The first-order valence-corrected chi connectivity index (χ1v) is 8.44. The van der Waals surface area contributed by atoms with Crippen LogP contribution in [0.15, 0.2) is 29.3 Å². The highest BCUT2D eigenvalue weighted by atomic mass is 15.2. The van der Waals surface area contributed by atoms with Crippen LogP contribution < -0.4 is 10.6 Å². The predicted octanol–water partition coefficient (Wildman–Crippen LogP) is 2.99. The van der Waals surface area contributed by atoms with Crippen LogP contribution in [0.2, 0.25) is 0 Å². The molecule has 22 heavy (non-hydrogen) atoms. The summed E-state index contributed by atoms with van der Waals surface area (Å²) in [5.41, 5.74) is 2.67. The summed E-state index contributed by atoms with van der Waals surface area (Å²) in [6.07, 6.45) is 0. The molecule has 0 bridgehead atoms. The third kappa shape index (κ3) is 6.48. The van der Waals surface area contributed by atoms with Gasteiger partial charge in [0.05, 0.1) is 6.54 Å². The second-order valence-corrected chi connectivity index (χ2v) is 5.72. The molecule has 124 valence electrons. The Morgan fingerprint density at radius 2 is 1.73 bits per heavy atom. The summed E-state index contributed by atoms with van der Waals surface area (Å²) in [7, 11) is 0. The summed E-state index contributed by atoms with van der Waals surface area (Å²) in [4.78, 5) is 7.15. The molecule has 0 aromatic heterocycles. The second-order valence-electron chi connectivity index (χ2n) is 5.72. The lowest BCUT2D eigenvalue weighted by molar-refractivity contribution is 0.295. The molecule has 2 N–H and O–H groups in total. The summed E-state index contributed by atoms with van der Waals surface area (Å²) in [6, 6.07) is 8.99. The van der Waals surface area contributed by atoms with E-state index in [4.69, 9.17) is 4.99 Å². The van der Waals surface area contributed by atoms with Crippen LogP contribution in [0.4, 0.5) is 0 Å². The largest absolute Gasteiger partial charge is 0.357 e. The molecule has 1 rings (SSSR count). The Morgan fingerprint density at radius 1 is 1.09 bits per heavy atom. The number of guanidine groups is 1. The molecule has 0 heterocycles. The molecule has 0 atom stereocenters. The van der Waals surface area contributed by atoms with Gasteiger partial charge < -0.3 is 10.6 Å². The Balaban J connectivity index is 2.83. The molecule has 0 saturated heterocycles. The number of nitrogens with zero attached hydrogens (tertiary/aromatic N) is 2. The summed E-state index contributed by atoms with van der Waals surface area (Å²) in [5, 5.41) is 6.66. The number of rotatable bonds is 8. The van der Waals surface area contributed by atoms with Gasteiger partial charge in [-0.3, -0.25) is 4.90 Å². The van der Waals surface area contributed by atoms with Gasteiger partial charge in [0.25, 0.3) is 0 Å². The first-order chi connectivity index (χ1) is 10.6. The molecule has 0 unspecified atom stereocenters. The number of nitrogens with one attached hydrogen (secondary N) is 2. The number of aliphatic imine (C=N–C) groups is 1. The van der Waals surface area contributed by atoms with Gasteiger partial charge >= 0.3 is 0 Å². The Labute approximate surface area is 136 Å². The van der Waals surface area contributed by atoms with Gasteiger partial charge in [-0.15, -0.1) is 0 Å². The van der Waals surface area contributed by atoms with Gasteiger partial charge in [0.15, 0.2) is 5.96 Å². The summed E-state index contributed by atoms with van der Waals surface area (Å²) in [6.45, 7) is 15.5. The lowest BCUT2D eigenvalue weighted by atomic mass is 10.1. The normalized spacial score (nSPS) is 12.0. The minimum absolute atomic E-state index is 0.378. The molecule has 1 aromatic carbocycles. The first-order valence-electron chi connectivity index (χ1n) is 8.44. The van der Waals surface area contributed by atoms with Crippen LogP contribution in [0.1, 0.15) is 45.7 Å². The predicted molar refractivity (Wildman–Crippen MR) is 96.2 cm³/mol. The maximum absolute atomic E-state index is 4.72. The van der Waals surface area contributed by atoms with Crippen molar-refractivity contribution in [2.45, 2.75) is 53.8 Å². The van der Waals surface area contributed by atoms with Crippen LogP contribution in [-0.2, 0) is 13.1 Å². The van der Waals surface area contributed by atoms with Gasteiger partial charge in [-0.25, -0.2) is 4.99 Å². The molecule has 0 spiro atoms. The zero-order chi connectivity index (χ0) is 16.4. The van der Waals surface area contributed by atoms with Crippen molar-refractivity contribution in [2.75, 3.05) is 19.6 Å². The number of benzene rings is 1. The van der Waals surface area contributed by atoms with E-state index in [1.165, 1.54) is 11.1 Å². The Bertz CT molecular complexity index is 450. The lowest BCUT2D eigenvalue weighted by Crippen LogP contribution is -2.41. The molecule has 0 fully saturated rings. The zero-order valence-corrected chi connectivity index (χ0v) is 14.8. The van der Waals surface area contributed by atoms with E-state index in [-0.39, 0.29) is 0 Å². The molecule has 0 saturated carbocycles.